The van der Waals surface area contributed by atoms with E-state index >= 15 is 0 Å². The maximum Gasteiger partial charge on any atom is 0.270 e. The number of aryl methyl sites for hydroxylation is 2. The van der Waals surface area contributed by atoms with Gasteiger partial charge in [-0.05, 0) is 63.6 Å². The summed E-state index contributed by atoms with van der Waals surface area (Å²) in [6.07, 6.45) is -0.367. The van der Waals surface area contributed by atoms with Gasteiger partial charge in [-0.25, -0.2) is 8.42 Å². The number of carbonyl (C=O) groups is 2. The number of hydrogen-bond acceptors (Lipinski definition) is 5. The molecule has 0 aliphatic carbocycles. The molecule has 2 amide bonds. The van der Waals surface area contributed by atoms with Crippen LogP contribution in [0.25, 0.3) is 0 Å². The molecule has 2 heterocycles. The SMILES string of the molecule is Cc1ccc(C)n1NC(=O)c1ccc(O[C@@H](C)C(=O)N[C@@H]2CCS(=O)(=O)C2)cc1. The fraction of sp³-hybridized carbons (Fsp3) is 0.400. The van der Waals surface area contributed by atoms with Gasteiger partial charge in [0.1, 0.15) is 5.75 Å². The van der Waals surface area contributed by atoms with E-state index in [4.69, 9.17) is 4.74 Å². The lowest BCUT2D eigenvalue weighted by molar-refractivity contribution is -0.127. The van der Waals surface area contributed by atoms with Gasteiger partial charge >= 0.3 is 0 Å². The van der Waals surface area contributed by atoms with Gasteiger partial charge in [0, 0.05) is 23.0 Å². The van der Waals surface area contributed by atoms with E-state index in [1.165, 1.54) is 0 Å². The Morgan fingerprint density at radius 1 is 1.10 bits per heavy atom. The predicted octanol–water partition coefficient (Wildman–Crippen LogP) is 1.56. The number of hydrogen-bond donors (Lipinski definition) is 2. The van der Waals surface area contributed by atoms with E-state index in [1.54, 1.807) is 35.9 Å². The first-order valence-electron chi connectivity index (χ1n) is 9.38. The number of benzene rings is 1. The van der Waals surface area contributed by atoms with E-state index in [0.717, 1.165) is 11.4 Å². The van der Waals surface area contributed by atoms with Gasteiger partial charge in [-0.15, -0.1) is 0 Å². The zero-order chi connectivity index (χ0) is 21.2. The fourth-order valence-electron chi connectivity index (χ4n) is 3.18. The summed E-state index contributed by atoms with van der Waals surface area (Å²) in [6.45, 7) is 5.40. The standard InChI is InChI=1S/C20H25N3O5S/c1-13-4-5-14(2)23(13)22-20(25)16-6-8-18(9-7-16)28-15(3)19(24)21-17-10-11-29(26,27)12-17/h4-9,15,17H,10-12H2,1-3H3,(H,21,24)(H,22,25)/t15-,17+/m0/s1. The smallest absolute Gasteiger partial charge is 0.270 e. The van der Waals surface area contributed by atoms with E-state index in [9.17, 15) is 18.0 Å². The van der Waals surface area contributed by atoms with Crippen LogP contribution in [0.5, 0.6) is 5.75 Å². The van der Waals surface area contributed by atoms with Gasteiger partial charge in [-0.3, -0.25) is 19.7 Å². The van der Waals surface area contributed by atoms with Crippen LogP contribution in [0, 0.1) is 13.8 Å². The van der Waals surface area contributed by atoms with Gasteiger partial charge < -0.3 is 10.1 Å². The van der Waals surface area contributed by atoms with Gasteiger partial charge in [0.25, 0.3) is 11.8 Å². The van der Waals surface area contributed by atoms with Crippen molar-refractivity contribution in [1.82, 2.24) is 9.99 Å². The largest absolute Gasteiger partial charge is 0.481 e. The van der Waals surface area contributed by atoms with Crippen LogP contribution >= 0.6 is 0 Å². The molecule has 8 nitrogen and oxygen atoms in total. The molecule has 3 rings (SSSR count). The van der Waals surface area contributed by atoms with Gasteiger partial charge in [-0.1, -0.05) is 0 Å². The van der Waals surface area contributed by atoms with Crippen molar-refractivity contribution in [2.45, 2.75) is 39.3 Å². The summed E-state index contributed by atoms with van der Waals surface area (Å²) in [7, 11) is -3.06. The average molecular weight is 420 g/mol. The lowest BCUT2D eigenvalue weighted by atomic mass is 10.2. The number of nitrogens with zero attached hydrogens (tertiary/aromatic N) is 1. The molecule has 1 aromatic heterocycles. The molecule has 1 aromatic carbocycles. The van der Waals surface area contributed by atoms with E-state index in [-0.39, 0.29) is 29.4 Å². The van der Waals surface area contributed by atoms with Gasteiger partial charge in [0.15, 0.2) is 15.9 Å². The highest BCUT2D eigenvalue weighted by Gasteiger charge is 2.30. The van der Waals surface area contributed by atoms with E-state index in [2.05, 4.69) is 10.7 Å². The molecule has 0 spiro atoms. The van der Waals surface area contributed by atoms with Crippen molar-refractivity contribution in [2.24, 2.45) is 0 Å². The Hall–Kier alpha value is -2.81. The summed E-state index contributed by atoms with van der Waals surface area (Å²) < 4.78 is 30.3. The summed E-state index contributed by atoms with van der Waals surface area (Å²) in [5.41, 5.74) is 5.12. The highest BCUT2D eigenvalue weighted by atomic mass is 32.2. The van der Waals surface area contributed by atoms with Crippen molar-refractivity contribution in [1.29, 1.82) is 0 Å². The van der Waals surface area contributed by atoms with Crippen molar-refractivity contribution in [3.8, 4) is 5.75 Å². The molecule has 0 unspecified atom stereocenters. The Morgan fingerprint density at radius 2 is 1.72 bits per heavy atom. The van der Waals surface area contributed by atoms with Crippen molar-refractivity contribution in [2.75, 3.05) is 16.9 Å². The molecular weight excluding hydrogens is 394 g/mol. The highest BCUT2D eigenvalue weighted by Crippen LogP contribution is 2.16. The third-order valence-corrected chi connectivity index (χ3v) is 6.63. The molecular formula is C20H25N3O5S. The van der Waals surface area contributed by atoms with Crippen LogP contribution in [0.3, 0.4) is 0 Å². The molecule has 2 aromatic rings. The third-order valence-electron chi connectivity index (χ3n) is 4.86. The Bertz CT molecular complexity index is 992. The Balaban J connectivity index is 1.55. The second kappa shape index (κ2) is 8.28. The van der Waals surface area contributed by atoms with Gasteiger partial charge in [-0.2, -0.15) is 0 Å². The van der Waals surface area contributed by atoms with Gasteiger partial charge in [0.2, 0.25) is 0 Å². The van der Waals surface area contributed by atoms with E-state index in [1.807, 2.05) is 26.0 Å². The number of aromatic nitrogens is 1. The minimum atomic E-state index is -3.06. The molecule has 1 fully saturated rings. The summed E-state index contributed by atoms with van der Waals surface area (Å²) in [5.74, 6) is -0.120. The van der Waals surface area contributed by atoms with Crippen molar-refractivity contribution >= 4 is 21.7 Å². The zero-order valence-corrected chi connectivity index (χ0v) is 17.5. The summed E-state index contributed by atoms with van der Waals surface area (Å²) in [5, 5.41) is 2.71. The lowest BCUT2D eigenvalue weighted by Crippen LogP contribution is -2.43. The zero-order valence-electron chi connectivity index (χ0n) is 16.6. The molecule has 2 N–H and O–H groups in total. The van der Waals surface area contributed by atoms with Crippen LogP contribution in [0.15, 0.2) is 36.4 Å². The molecule has 1 aliphatic rings. The summed E-state index contributed by atoms with van der Waals surface area (Å²) >= 11 is 0. The van der Waals surface area contributed by atoms with Crippen LogP contribution in [-0.2, 0) is 14.6 Å². The second-order valence-electron chi connectivity index (χ2n) is 7.29. The molecule has 0 bridgehead atoms. The van der Waals surface area contributed by atoms with Crippen LogP contribution in [0.2, 0.25) is 0 Å². The minimum absolute atomic E-state index is 0.0321. The van der Waals surface area contributed by atoms with E-state index < -0.39 is 15.9 Å². The number of sulfone groups is 1. The average Bonchev–Trinajstić information content (AvgIpc) is 3.17. The van der Waals surface area contributed by atoms with Crippen LogP contribution in [-0.4, -0.2) is 48.6 Å². The van der Waals surface area contributed by atoms with Crippen molar-refractivity contribution < 1.29 is 22.7 Å². The minimum Gasteiger partial charge on any atom is -0.481 e. The molecule has 29 heavy (non-hydrogen) atoms. The fourth-order valence-corrected chi connectivity index (χ4v) is 4.85. The van der Waals surface area contributed by atoms with Crippen LogP contribution in [0.1, 0.15) is 35.1 Å². The molecule has 9 heteroatoms. The van der Waals surface area contributed by atoms with Crippen LogP contribution < -0.4 is 15.5 Å². The first-order valence-corrected chi connectivity index (χ1v) is 11.2. The number of rotatable bonds is 6. The summed E-state index contributed by atoms with van der Waals surface area (Å²) in [4.78, 5) is 24.7. The normalized spacial score (nSPS) is 18.8. The van der Waals surface area contributed by atoms with Crippen molar-refractivity contribution in [3.63, 3.8) is 0 Å². The number of carbonyl (C=O) groups excluding carboxylic acids is 2. The summed E-state index contributed by atoms with van der Waals surface area (Å²) in [6, 6.07) is 9.94. The Morgan fingerprint density at radius 3 is 2.28 bits per heavy atom. The third kappa shape index (κ3) is 5.17. The molecule has 2 atom stereocenters. The Labute approximate surface area is 170 Å². The topological polar surface area (TPSA) is 106 Å². The lowest BCUT2D eigenvalue weighted by Gasteiger charge is -2.17. The number of nitrogens with one attached hydrogen (secondary N) is 2. The number of ether oxygens (including phenoxy) is 1. The molecule has 0 radical (unpaired) electrons. The van der Waals surface area contributed by atoms with Gasteiger partial charge in [0.05, 0.1) is 11.5 Å². The number of amides is 2. The molecule has 1 saturated heterocycles. The molecule has 0 saturated carbocycles. The first kappa shape index (κ1) is 20.9. The predicted molar refractivity (Wildman–Crippen MR) is 109 cm³/mol. The maximum atomic E-state index is 12.4. The Kier molecular flexibility index (Phi) is 5.97. The molecule has 156 valence electrons. The second-order valence-corrected chi connectivity index (χ2v) is 9.51. The monoisotopic (exact) mass is 419 g/mol. The van der Waals surface area contributed by atoms with Crippen molar-refractivity contribution in [3.05, 3.63) is 53.3 Å². The van der Waals surface area contributed by atoms with Crippen LogP contribution in [0.4, 0.5) is 0 Å². The quantitative estimate of drug-likeness (QED) is 0.739. The van der Waals surface area contributed by atoms with E-state index in [0.29, 0.717) is 17.7 Å². The first-order chi connectivity index (χ1) is 13.6. The maximum absolute atomic E-state index is 12.4. The molecule has 1 aliphatic heterocycles. The highest BCUT2D eigenvalue weighted by molar-refractivity contribution is 7.91.